The van der Waals surface area contributed by atoms with Gasteiger partial charge in [0.2, 0.25) is 0 Å². The number of carbonyl (C=O) groups is 2. The van der Waals surface area contributed by atoms with E-state index >= 15 is 0 Å². The highest BCUT2D eigenvalue weighted by Gasteiger charge is 2.31. The molecular formula is C17H9F3O3. The Bertz CT molecular complexity index is 846. The normalized spacial score (nSPS) is 14.5. The summed E-state index contributed by atoms with van der Waals surface area (Å²) in [5.74, 6) is -1.38. The molecule has 0 saturated carbocycles. The summed E-state index contributed by atoms with van der Waals surface area (Å²) in [6, 6.07) is 8.11. The maximum absolute atomic E-state index is 12.6. The van der Waals surface area contributed by atoms with Gasteiger partial charge in [0, 0.05) is 11.1 Å². The second-order valence-electron chi connectivity index (χ2n) is 5.03. The average molecular weight is 318 g/mol. The highest BCUT2D eigenvalue weighted by molar-refractivity contribution is 6.39. The van der Waals surface area contributed by atoms with Crippen molar-refractivity contribution in [3.05, 3.63) is 70.8 Å². The highest BCUT2D eigenvalue weighted by atomic mass is 19.4. The number of aromatic hydroxyl groups is 1. The molecule has 0 spiro atoms. The molecule has 0 fully saturated rings. The van der Waals surface area contributed by atoms with Gasteiger partial charge in [-0.05, 0) is 29.8 Å². The summed E-state index contributed by atoms with van der Waals surface area (Å²) >= 11 is 0. The molecule has 1 aliphatic rings. The number of allylic oxidation sites excluding steroid dienone is 2. The number of phenolic OH excluding ortho intramolecular Hbond substituents is 1. The van der Waals surface area contributed by atoms with Gasteiger partial charge in [-0.25, -0.2) is 0 Å². The molecule has 3 nitrogen and oxygen atoms in total. The number of carbonyl (C=O) groups excluding carboxylic acids is 2. The number of Topliss-reactive ketones (excluding diaryl/α,β-unsaturated/α-hetero) is 1. The predicted molar refractivity (Wildman–Crippen MR) is 76.2 cm³/mol. The summed E-state index contributed by atoms with van der Waals surface area (Å²) in [7, 11) is 0. The van der Waals surface area contributed by atoms with Crippen LogP contribution in [0.15, 0.2) is 48.5 Å². The third-order valence-corrected chi connectivity index (χ3v) is 3.58. The Hall–Kier alpha value is -2.89. The minimum atomic E-state index is -4.47. The second kappa shape index (κ2) is 5.08. The van der Waals surface area contributed by atoms with Crippen LogP contribution in [0.25, 0.3) is 5.57 Å². The molecule has 0 atom stereocenters. The predicted octanol–water partition coefficient (Wildman–Crippen LogP) is 3.87. The molecule has 0 aromatic heterocycles. The zero-order chi connectivity index (χ0) is 16.8. The van der Waals surface area contributed by atoms with Crippen molar-refractivity contribution in [2.45, 2.75) is 6.18 Å². The van der Waals surface area contributed by atoms with Gasteiger partial charge >= 0.3 is 6.18 Å². The third kappa shape index (κ3) is 2.52. The standard InChI is InChI=1S/C17H9F3O3/c18-17(19,20)10-6-4-9(5-7-10)12-8-14(22)15-11(16(12)23)2-1-3-13(15)21/h1-8,21H. The van der Waals surface area contributed by atoms with Crippen molar-refractivity contribution < 1.29 is 27.9 Å². The van der Waals surface area contributed by atoms with E-state index in [-0.39, 0.29) is 28.0 Å². The van der Waals surface area contributed by atoms with Crippen LogP contribution < -0.4 is 0 Å². The quantitative estimate of drug-likeness (QED) is 0.868. The van der Waals surface area contributed by atoms with Gasteiger partial charge in [-0.15, -0.1) is 0 Å². The van der Waals surface area contributed by atoms with Crippen LogP contribution in [-0.2, 0) is 6.18 Å². The zero-order valence-corrected chi connectivity index (χ0v) is 11.5. The molecule has 116 valence electrons. The monoisotopic (exact) mass is 318 g/mol. The third-order valence-electron chi connectivity index (χ3n) is 3.58. The Balaban J connectivity index is 2.06. The number of halogens is 3. The topological polar surface area (TPSA) is 54.4 Å². The smallest absolute Gasteiger partial charge is 0.416 e. The van der Waals surface area contributed by atoms with E-state index in [0.29, 0.717) is 0 Å². The van der Waals surface area contributed by atoms with E-state index in [9.17, 15) is 27.9 Å². The summed E-state index contributed by atoms with van der Waals surface area (Å²) in [5.41, 5.74) is -0.679. The molecule has 0 unspecified atom stereocenters. The molecule has 1 aliphatic carbocycles. The number of fused-ring (bicyclic) bond motifs is 1. The first-order valence-electron chi connectivity index (χ1n) is 6.59. The molecule has 2 aromatic rings. The number of hydrogen-bond acceptors (Lipinski definition) is 3. The first-order chi connectivity index (χ1) is 10.8. The first kappa shape index (κ1) is 15.0. The Labute approximate surface area is 128 Å². The number of benzene rings is 2. The van der Waals surface area contributed by atoms with Gasteiger partial charge in [0.1, 0.15) is 5.75 Å². The lowest BCUT2D eigenvalue weighted by Crippen LogP contribution is -2.16. The Morgan fingerprint density at radius 3 is 2.17 bits per heavy atom. The van der Waals surface area contributed by atoms with E-state index in [1.807, 2.05) is 0 Å². The van der Waals surface area contributed by atoms with Crippen LogP contribution in [0.3, 0.4) is 0 Å². The maximum atomic E-state index is 12.6. The van der Waals surface area contributed by atoms with Crippen molar-refractivity contribution in [1.29, 1.82) is 0 Å². The van der Waals surface area contributed by atoms with Gasteiger partial charge in [-0.3, -0.25) is 9.59 Å². The lowest BCUT2D eigenvalue weighted by atomic mass is 9.85. The second-order valence-corrected chi connectivity index (χ2v) is 5.03. The first-order valence-corrected chi connectivity index (χ1v) is 6.59. The van der Waals surface area contributed by atoms with E-state index in [4.69, 9.17) is 0 Å². The minimum Gasteiger partial charge on any atom is -0.507 e. The molecule has 0 aliphatic heterocycles. The van der Waals surface area contributed by atoms with Crippen LogP contribution in [0.1, 0.15) is 31.8 Å². The van der Waals surface area contributed by atoms with Crippen molar-refractivity contribution in [2.24, 2.45) is 0 Å². The summed E-state index contributed by atoms with van der Waals surface area (Å²) in [5, 5.41) is 9.70. The molecule has 2 aromatic carbocycles. The van der Waals surface area contributed by atoms with E-state index in [1.54, 1.807) is 0 Å². The van der Waals surface area contributed by atoms with Gasteiger partial charge < -0.3 is 5.11 Å². The lowest BCUT2D eigenvalue weighted by Gasteiger charge is -2.16. The molecule has 6 heteroatoms. The van der Waals surface area contributed by atoms with Gasteiger partial charge in [0.25, 0.3) is 0 Å². The average Bonchev–Trinajstić information content (AvgIpc) is 2.50. The zero-order valence-electron chi connectivity index (χ0n) is 11.5. The number of alkyl halides is 3. The number of hydrogen-bond donors (Lipinski definition) is 1. The van der Waals surface area contributed by atoms with Crippen molar-refractivity contribution in [3.8, 4) is 5.75 Å². The van der Waals surface area contributed by atoms with E-state index in [1.165, 1.54) is 18.2 Å². The van der Waals surface area contributed by atoms with Crippen LogP contribution in [0, 0.1) is 0 Å². The highest BCUT2D eigenvalue weighted by Crippen LogP contribution is 2.34. The van der Waals surface area contributed by atoms with Gasteiger partial charge in [-0.2, -0.15) is 13.2 Å². The van der Waals surface area contributed by atoms with Gasteiger partial charge in [-0.1, -0.05) is 24.3 Å². The Kier molecular flexibility index (Phi) is 3.32. The summed E-state index contributed by atoms with van der Waals surface area (Å²) in [6.45, 7) is 0. The maximum Gasteiger partial charge on any atom is 0.416 e. The SMILES string of the molecule is O=C1C(c2ccc(C(F)(F)F)cc2)=CC(=O)c2c(O)cccc21. The van der Waals surface area contributed by atoms with E-state index < -0.39 is 23.3 Å². The van der Waals surface area contributed by atoms with Crippen LogP contribution in [-0.4, -0.2) is 16.7 Å². The largest absolute Gasteiger partial charge is 0.507 e. The minimum absolute atomic E-state index is 0.00169. The molecule has 0 saturated heterocycles. The van der Waals surface area contributed by atoms with Crippen LogP contribution in [0.2, 0.25) is 0 Å². The Morgan fingerprint density at radius 1 is 0.913 bits per heavy atom. The molecule has 23 heavy (non-hydrogen) atoms. The summed E-state index contributed by atoms with van der Waals surface area (Å²) in [6.07, 6.45) is -3.44. The molecule has 0 amide bonds. The molecule has 0 radical (unpaired) electrons. The van der Waals surface area contributed by atoms with Gasteiger partial charge in [0.05, 0.1) is 11.1 Å². The number of rotatable bonds is 1. The fraction of sp³-hybridized carbons (Fsp3) is 0.0588. The van der Waals surface area contributed by atoms with Crippen molar-refractivity contribution >= 4 is 17.1 Å². The molecule has 3 rings (SSSR count). The van der Waals surface area contributed by atoms with Crippen molar-refractivity contribution in [1.82, 2.24) is 0 Å². The van der Waals surface area contributed by atoms with E-state index in [0.717, 1.165) is 30.3 Å². The fourth-order valence-electron chi connectivity index (χ4n) is 2.46. The fourth-order valence-corrected chi connectivity index (χ4v) is 2.46. The summed E-state index contributed by atoms with van der Waals surface area (Å²) in [4.78, 5) is 24.5. The molecule has 0 bridgehead atoms. The Morgan fingerprint density at radius 2 is 1.57 bits per heavy atom. The van der Waals surface area contributed by atoms with Crippen LogP contribution >= 0.6 is 0 Å². The summed E-state index contributed by atoms with van der Waals surface area (Å²) < 4.78 is 37.7. The molecular weight excluding hydrogens is 309 g/mol. The lowest BCUT2D eigenvalue weighted by molar-refractivity contribution is -0.137. The van der Waals surface area contributed by atoms with Crippen LogP contribution in [0.4, 0.5) is 13.2 Å². The van der Waals surface area contributed by atoms with Crippen LogP contribution in [0.5, 0.6) is 5.75 Å². The molecule has 1 N–H and O–H groups in total. The number of ketones is 2. The number of phenols is 1. The molecule has 0 heterocycles. The van der Waals surface area contributed by atoms with E-state index in [2.05, 4.69) is 0 Å². The van der Waals surface area contributed by atoms with Crippen molar-refractivity contribution in [2.75, 3.05) is 0 Å². The van der Waals surface area contributed by atoms with Gasteiger partial charge in [0.15, 0.2) is 11.6 Å². The van der Waals surface area contributed by atoms with Crippen molar-refractivity contribution in [3.63, 3.8) is 0 Å².